The Labute approximate surface area is 124 Å². The zero-order chi connectivity index (χ0) is 15.4. The molecule has 7 nitrogen and oxygen atoms in total. The smallest absolute Gasteiger partial charge is 0.332 e. The molecule has 2 rings (SSSR count). The first-order valence-electron chi connectivity index (χ1n) is 7.50. The molecular weight excluding hydrogens is 270 g/mol. The Kier molecular flexibility index (Phi) is 4.93. The average Bonchev–Trinajstić information content (AvgIpc) is 2.63. The Bertz CT molecular complexity index is 520. The van der Waals surface area contributed by atoms with E-state index in [0.717, 1.165) is 19.3 Å². The van der Waals surface area contributed by atoms with Gasteiger partial charge in [0.25, 0.3) is 0 Å². The van der Waals surface area contributed by atoms with Gasteiger partial charge in [0, 0.05) is 13.1 Å². The van der Waals surface area contributed by atoms with Crippen molar-refractivity contribution in [3.63, 3.8) is 0 Å². The number of nitro groups is 1. The average molecular weight is 293 g/mol. The predicted molar refractivity (Wildman–Crippen MR) is 82.6 cm³/mol. The van der Waals surface area contributed by atoms with Gasteiger partial charge in [0.1, 0.15) is 5.69 Å². The van der Waals surface area contributed by atoms with Crippen molar-refractivity contribution in [2.75, 3.05) is 17.7 Å². The van der Waals surface area contributed by atoms with E-state index in [1.807, 2.05) is 0 Å². The van der Waals surface area contributed by atoms with Crippen LogP contribution in [0.2, 0.25) is 0 Å². The lowest BCUT2D eigenvalue weighted by Gasteiger charge is -2.23. The summed E-state index contributed by atoms with van der Waals surface area (Å²) in [6, 6.07) is 0.227. The number of aryl methyl sites for hydroxylation is 1. The normalized spacial score (nSPS) is 22.4. The number of nitrogens with one attached hydrogen (secondary N) is 2. The van der Waals surface area contributed by atoms with Crippen LogP contribution in [0.25, 0.3) is 0 Å². The van der Waals surface area contributed by atoms with Gasteiger partial charge in [0.15, 0.2) is 0 Å². The van der Waals surface area contributed by atoms with Crippen LogP contribution in [0.1, 0.15) is 44.7 Å². The SMILES string of the molecule is CNc1nc(C)c([N+](=O)[O-])c(NC2CCCCCC2C)n1. The molecule has 1 heterocycles. The van der Waals surface area contributed by atoms with Crippen molar-refractivity contribution < 1.29 is 4.92 Å². The molecule has 1 aliphatic carbocycles. The lowest BCUT2D eigenvalue weighted by atomic mass is 9.97. The van der Waals surface area contributed by atoms with Crippen molar-refractivity contribution >= 4 is 17.5 Å². The van der Waals surface area contributed by atoms with Crippen molar-refractivity contribution in [3.05, 3.63) is 15.8 Å². The van der Waals surface area contributed by atoms with Gasteiger partial charge in [0.2, 0.25) is 11.8 Å². The number of hydrogen-bond acceptors (Lipinski definition) is 6. The van der Waals surface area contributed by atoms with Crippen LogP contribution in [0.5, 0.6) is 0 Å². The summed E-state index contributed by atoms with van der Waals surface area (Å²) < 4.78 is 0. The molecule has 0 saturated heterocycles. The zero-order valence-corrected chi connectivity index (χ0v) is 12.8. The summed E-state index contributed by atoms with van der Waals surface area (Å²) in [5.41, 5.74) is 0.355. The van der Waals surface area contributed by atoms with E-state index < -0.39 is 4.92 Å². The van der Waals surface area contributed by atoms with E-state index in [2.05, 4.69) is 27.5 Å². The second-order valence-electron chi connectivity index (χ2n) is 5.70. The minimum Gasteiger partial charge on any atom is -0.361 e. The van der Waals surface area contributed by atoms with Crippen LogP contribution < -0.4 is 10.6 Å². The number of nitrogens with zero attached hydrogens (tertiary/aromatic N) is 3. The molecule has 0 aromatic carbocycles. The molecule has 2 unspecified atom stereocenters. The third-order valence-corrected chi connectivity index (χ3v) is 4.15. The topological polar surface area (TPSA) is 93.0 Å². The highest BCUT2D eigenvalue weighted by Crippen LogP contribution is 2.31. The van der Waals surface area contributed by atoms with Gasteiger partial charge in [-0.05, 0) is 25.7 Å². The van der Waals surface area contributed by atoms with Gasteiger partial charge in [-0.1, -0.05) is 26.2 Å². The predicted octanol–water partition coefficient (Wildman–Crippen LogP) is 3.12. The second-order valence-corrected chi connectivity index (χ2v) is 5.70. The number of hydrogen-bond donors (Lipinski definition) is 2. The number of aromatic nitrogens is 2. The summed E-state index contributed by atoms with van der Waals surface area (Å²) in [7, 11) is 1.71. The monoisotopic (exact) mass is 293 g/mol. The molecule has 2 atom stereocenters. The van der Waals surface area contributed by atoms with Crippen LogP contribution in [0.4, 0.5) is 17.5 Å². The van der Waals surface area contributed by atoms with E-state index >= 15 is 0 Å². The molecule has 1 aromatic heterocycles. The van der Waals surface area contributed by atoms with E-state index in [0.29, 0.717) is 23.4 Å². The van der Waals surface area contributed by atoms with E-state index in [-0.39, 0.29) is 11.7 Å². The molecule has 1 aromatic rings. The molecule has 1 fully saturated rings. The Balaban J connectivity index is 2.32. The minimum atomic E-state index is -0.404. The number of anilines is 2. The van der Waals surface area contributed by atoms with Crippen LogP contribution in [0, 0.1) is 23.0 Å². The number of rotatable bonds is 4. The maximum atomic E-state index is 11.3. The summed E-state index contributed by atoms with van der Waals surface area (Å²) >= 11 is 0. The van der Waals surface area contributed by atoms with E-state index in [1.165, 1.54) is 12.8 Å². The van der Waals surface area contributed by atoms with Crippen LogP contribution in [-0.4, -0.2) is 28.0 Å². The molecule has 2 N–H and O–H groups in total. The molecule has 7 heteroatoms. The molecule has 1 aliphatic rings. The first-order chi connectivity index (χ1) is 10.0. The maximum Gasteiger partial charge on any atom is 0.332 e. The first-order valence-corrected chi connectivity index (χ1v) is 7.50. The van der Waals surface area contributed by atoms with Gasteiger partial charge < -0.3 is 10.6 Å². The highest BCUT2D eigenvalue weighted by atomic mass is 16.6. The Morgan fingerprint density at radius 2 is 1.95 bits per heavy atom. The van der Waals surface area contributed by atoms with Crippen molar-refractivity contribution in [2.45, 2.75) is 52.0 Å². The fourth-order valence-electron chi connectivity index (χ4n) is 2.88. The van der Waals surface area contributed by atoms with Gasteiger partial charge >= 0.3 is 5.69 Å². The molecule has 0 spiro atoms. The first kappa shape index (κ1) is 15.5. The highest BCUT2D eigenvalue weighted by molar-refractivity contribution is 5.61. The third-order valence-electron chi connectivity index (χ3n) is 4.15. The summed E-state index contributed by atoms with van der Waals surface area (Å²) in [6.45, 7) is 3.84. The van der Waals surface area contributed by atoms with Crippen molar-refractivity contribution in [1.82, 2.24) is 9.97 Å². The standard InChI is InChI=1S/C14H23N5O2/c1-9-7-5-4-6-8-11(9)17-13-12(19(20)21)10(2)16-14(15-3)18-13/h9,11H,4-8H2,1-3H3,(H2,15,16,17,18). The molecule has 116 valence electrons. The molecular formula is C14H23N5O2. The molecule has 0 amide bonds. The van der Waals surface area contributed by atoms with Crippen molar-refractivity contribution in [3.8, 4) is 0 Å². The van der Waals surface area contributed by atoms with Crippen LogP contribution in [0.15, 0.2) is 0 Å². The summed E-state index contributed by atoms with van der Waals surface area (Å²) in [4.78, 5) is 19.3. The lowest BCUT2D eigenvalue weighted by molar-refractivity contribution is -0.385. The lowest BCUT2D eigenvalue weighted by Crippen LogP contribution is -2.27. The Morgan fingerprint density at radius 1 is 1.24 bits per heavy atom. The van der Waals surface area contributed by atoms with Crippen LogP contribution in [-0.2, 0) is 0 Å². The molecule has 0 bridgehead atoms. The van der Waals surface area contributed by atoms with Crippen molar-refractivity contribution in [1.29, 1.82) is 0 Å². The highest BCUT2D eigenvalue weighted by Gasteiger charge is 2.26. The molecule has 0 radical (unpaired) electrons. The van der Waals surface area contributed by atoms with E-state index in [4.69, 9.17) is 0 Å². The maximum absolute atomic E-state index is 11.3. The van der Waals surface area contributed by atoms with Gasteiger partial charge in [-0.25, -0.2) is 4.98 Å². The van der Waals surface area contributed by atoms with E-state index in [1.54, 1.807) is 14.0 Å². The second kappa shape index (κ2) is 6.69. The fraction of sp³-hybridized carbons (Fsp3) is 0.714. The quantitative estimate of drug-likeness (QED) is 0.503. The molecule has 1 saturated carbocycles. The minimum absolute atomic E-state index is 0.0227. The molecule has 0 aliphatic heterocycles. The van der Waals surface area contributed by atoms with Gasteiger partial charge in [-0.15, -0.1) is 0 Å². The Hall–Kier alpha value is -1.92. The summed E-state index contributed by atoms with van der Waals surface area (Å²) in [6.07, 6.45) is 5.78. The summed E-state index contributed by atoms with van der Waals surface area (Å²) in [5, 5.41) is 17.5. The fourth-order valence-corrected chi connectivity index (χ4v) is 2.88. The van der Waals surface area contributed by atoms with Gasteiger partial charge in [-0.2, -0.15) is 4.98 Å². The zero-order valence-electron chi connectivity index (χ0n) is 12.8. The summed E-state index contributed by atoms with van der Waals surface area (Å²) in [5.74, 6) is 1.22. The third kappa shape index (κ3) is 3.59. The largest absolute Gasteiger partial charge is 0.361 e. The van der Waals surface area contributed by atoms with Crippen molar-refractivity contribution in [2.24, 2.45) is 5.92 Å². The van der Waals surface area contributed by atoms with Gasteiger partial charge in [-0.3, -0.25) is 10.1 Å². The van der Waals surface area contributed by atoms with Crippen LogP contribution in [0.3, 0.4) is 0 Å². The van der Waals surface area contributed by atoms with Crippen LogP contribution >= 0.6 is 0 Å². The Morgan fingerprint density at radius 3 is 2.62 bits per heavy atom. The van der Waals surface area contributed by atoms with Gasteiger partial charge in [0.05, 0.1) is 4.92 Å². The van der Waals surface area contributed by atoms with E-state index in [9.17, 15) is 10.1 Å². The molecule has 21 heavy (non-hydrogen) atoms.